The fraction of sp³-hybridized carbons (Fsp3) is 0.421. The van der Waals surface area contributed by atoms with Gasteiger partial charge in [0.15, 0.2) is 5.82 Å². The molecule has 1 atom stereocenters. The lowest BCUT2D eigenvalue weighted by atomic mass is 10.2. The molecule has 0 spiro atoms. The lowest BCUT2D eigenvalue weighted by Crippen LogP contribution is -2.33. The molecule has 26 heavy (non-hydrogen) atoms. The van der Waals surface area contributed by atoms with Crippen LogP contribution in [0.25, 0.3) is 11.4 Å². The molecule has 0 N–H and O–H groups in total. The highest BCUT2D eigenvalue weighted by Gasteiger charge is 2.20. The molecule has 1 unspecified atom stereocenters. The van der Waals surface area contributed by atoms with Crippen LogP contribution in [0.2, 0.25) is 0 Å². The van der Waals surface area contributed by atoms with Crippen molar-refractivity contribution in [1.29, 1.82) is 0 Å². The van der Waals surface area contributed by atoms with Gasteiger partial charge in [0.1, 0.15) is 18.5 Å². The Morgan fingerprint density at radius 3 is 2.62 bits per heavy atom. The highest BCUT2D eigenvalue weighted by Crippen LogP contribution is 2.17. The molecule has 4 rings (SSSR count). The van der Waals surface area contributed by atoms with Gasteiger partial charge in [-0.15, -0.1) is 0 Å². The quantitative estimate of drug-likeness (QED) is 0.704. The highest BCUT2D eigenvalue weighted by molar-refractivity contribution is 5.54. The molecule has 0 aliphatic carbocycles. The van der Waals surface area contributed by atoms with E-state index in [4.69, 9.17) is 19.6 Å². The van der Waals surface area contributed by atoms with Crippen molar-refractivity contribution >= 4 is 0 Å². The number of aryl methyl sites for hydroxylation is 2. The molecule has 1 aliphatic heterocycles. The summed E-state index contributed by atoms with van der Waals surface area (Å²) in [6, 6.07) is 12.1. The van der Waals surface area contributed by atoms with Crippen molar-refractivity contribution in [2.24, 2.45) is 0 Å². The summed E-state index contributed by atoms with van der Waals surface area (Å²) in [5, 5.41) is 9.29. The summed E-state index contributed by atoms with van der Waals surface area (Å²) in [7, 11) is 0. The molecule has 1 aliphatic rings. The summed E-state index contributed by atoms with van der Waals surface area (Å²) >= 11 is 0. The lowest BCUT2D eigenvalue weighted by molar-refractivity contribution is -0.0949. The highest BCUT2D eigenvalue weighted by atomic mass is 16.6. The smallest absolute Gasteiger partial charge is 0.181 e. The predicted molar refractivity (Wildman–Crippen MR) is 96.8 cm³/mol. The van der Waals surface area contributed by atoms with E-state index in [0.29, 0.717) is 32.9 Å². The number of nitrogens with zero attached hydrogens (tertiary/aromatic N) is 5. The molecule has 1 aromatic carbocycles. The monoisotopic (exact) mass is 353 g/mol. The summed E-state index contributed by atoms with van der Waals surface area (Å²) in [6.45, 7) is 7.11. The number of ether oxygens (including phenoxy) is 2. The summed E-state index contributed by atoms with van der Waals surface area (Å²) in [6.07, 6.45) is -0.00622. The topological polar surface area (TPSA) is 67.0 Å². The van der Waals surface area contributed by atoms with Crippen LogP contribution in [0.5, 0.6) is 0 Å². The Labute approximate surface area is 152 Å². The predicted octanol–water partition coefficient (Wildman–Crippen LogP) is 2.22. The first-order chi connectivity index (χ1) is 12.7. The average molecular weight is 353 g/mol. The molecule has 136 valence electrons. The maximum absolute atomic E-state index is 5.79. The minimum absolute atomic E-state index is 0.00622. The van der Waals surface area contributed by atoms with Crippen LogP contribution in [-0.2, 0) is 22.6 Å². The van der Waals surface area contributed by atoms with Gasteiger partial charge in [0.05, 0.1) is 32.1 Å². The van der Waals surface area contributed by atoms with E-state index in [9.17, 15) is 0 Å². The molecule has 3 aromatic rings. The number of hydrogen-bond donors (Lipinski definition) is 0. The van der Waals surface area contributed by atoms with Crippen molar-refractivity contribution in [2.45, 2.75) is 33.0 Å². The molecule has 0 bridgehead atoms. The van der Waals surface area contributed by atoms with Gasteiger partial charge < -0.3 is 9.47 Å². The van der Waals surface area contributed by atoms with E-state index >= 15 is 0 Å². The summed E-state index contributed by atoms with van der Waals surface area (Å²) in [5.74, 6) is 1.59. The SMILES string of the molecule is Cc1cc(C)n(Cc2nc(-c3ccccc3)nn2CC2COCCO2)n1. The van der Waals surface area contributed by atoms with Crippen LogP contribution in [0.15, 0.2) is 36.4 Å². The Balaban J connectivity index is 1.65. The van der Waals surface area contributed by atoms with Gasteiger partial charge in [0.25, 0.3) is 0 Å². The summed E-state index contributed by atoms with van der Waals surface area (Å²) in [5.41, 5.74) is 3.11. The van der Waals surface area contributed by atoms with E-state index in [1.165, 1.54) is 0 Å². The lowest BCUT2D eigenvalue weighted by Gasteiger charge is -2.23. The Bertz CT molecular complexity index is 865. The molecule has 2 aromatic heterocycles. The zero-order chi connectivity index (χ0) is 17.9. The summed E-state index contributed by atoms with van der Waals surface area (Å²) in [4.78, 5) is 4.79. The fourth-order valence-corrected chi connectivity index (χ4v) is 3.15. The third-order valence-corrected chi connectivity index (χ3v) is 4.44. The maximum Gasteiger partial charge on any atom is 0.181 e. The van der Waals surface area contributed by atoms with E-state index in [1.54, 1.807) is 0 Å². The second-order valence-corrected chi connectivity index (χ2v) is 6.55. The molecule has 1 fully saturated rings. The molecular formula is C19H23N5O2. The van der Waals surface area contributed by atoms with Crippen molar-refractivity contribution < 1.29 is 9.47 Å². The Kier molecular flexibility index (Phi) is 4.81. The zero-order valence-corrected chi connectivity index (χ0v) is 15.1. The Morgan fingerprint density at radius 1 is 1.08 bits per heavy atom. The number of aromatic nitrogens is 5. The molecular weight excluding hydrogens is 330 g/mol. The van der Waals surface area contributed by atoms with Gasteiger partial charge in [-0.2, -0.15) is 10.2 Å². The Morgan fingerprint density at radius 2 is 1.92 bits per heavy atom. The molecule has 3 heterocycles. The van der Waals surface area contributed by atoms with Crippen molar-refractivity contribution in [3.8, 4) is 11.4 Å². The maximum atomic E-state index is 5.79. The molecule has 7 nitrogen and oxygen atoms in total. The minimum atomic E-state index is -0.00622. The van der Waals surface area contributed by atoms with Gasteiger partial charge in [-0.25, -0.2) is 9.67 Å². The van der Waals surface area contributed by atoms with Crippen LogP contribution in [0.4, 0.5) is 0 Å². The van der Waals surface area contributed by atoms with E-state index < -0.39 is 0 Å². The van der Waals surface area contributed by atoms with Crippen LogP contribution in [0.3, 0.4) is 0 Å². The van der Waals surface area contributed by atoms with Crippen molar-refractivity contribution in [1.82, 2.24) is 24.5 Å². The molecule has 0 amide bonds. The average Bonchev–Trinajstić information content (AvgIpc) is 3.19. The van der Waals surface area contributed by atoms with Crippen LogP contribution in [-0.4, -0.2) is 50.5 Å². The van der Waals surface area contributed by atoms with Gasteiger partial charge in [-0.05, 0) is 19.9 Å². The zero-order valence-electron chi connectivity index (χ0n) is 15.1. The molecule has 7 heteroatoms. The van der Waals surface area contributed by atoms with E-state index in [1.807, 2.05) is 46.6 Å². The van der Waals surface area contributed by atoms with Gasteiger partial charge in [0, 0.05) is 11.3 Å². The number of rotatable bonds is 5. The largest absolute Gasteiger partial charge is 0.376 e. The van der Waals surface area contributed by atoms with Gasteiger partial charge in [-0.1, -0.05) is 30.3 Å². The van der Waals surface area contributed by atoms with Crippen LogP contribution < -0.4 is 0 Å². The van der Waals surface area contributed by atoms with Crippen molar-refractivity contribution in [3.63, 3.8) is 0 Å². The molecule has 0 saturated carbocycles. The second-order valence-electron chi connectivity index (χ2n) is 6.55. The second kappa shape index (κ2) is 7.39. The summed E-state index contributed by atoms with van der Waals surface area (Å²) < 4.78 is 15.2. The number of hydrogen-bond acceptors (Lipinski definition) is 5. The van der Waals surface area contributed by atoms with E-state index in [2.05, 4.69) is 18.1 Å². The third kappa shape index (κ3) is 3.68. The van der Waals surface area contributed by atoms with Crippen molar-refractivity contribution in [2.75, 3.05) is 19.8 Å². The number of benzene rings is 1. The van der Waals surface area contributed by atoms with Gasteiger partial charge in [0.2, 0.25) is 0 Å². The van der Waals surface area contributed by atoms with Gasteiger partial charge in [-0.3, -0.25) is 4.68 Å². The van der Waals surface area contributed by atoms with Crippen molar-refractivity contribution in [3.05, 3.63) is 53.6 Å². The third-order valence-electron chi connectivity index (χ3n) is 4.44. The fourth-order valence-electron chi connectivity index (χ4n) is 3.15. The van der Waals surface area contributed by atoms with E-state index in [-0.39, 0.29) is 6.10 Å². The first-order valence-corrected chi connectivity index (χ1v) is 8.88. The standard InChI is InChI=1S/C19H23N5O2/c1-14-10-15(2)23(21-14)12-18-20-19(16-6-4-3-5-7-16)22-24(18)11-17-13-25-8-9-26-17/h3-7,10,17H,8-9,11-13H2,1-2H3. The Hall–Kier alpha value is -2.51. The van der Waals surface area contributed by atoms with E-state index in [0.717, 1.165) is 28.6 Å². The molecule has 1 saturated heterocycles. The van der Waals surface area contributed by atoms with Gasteiger partial charge >= 0.3 is 0 Å². The van der Waals surface area contributed by atoms with Crippen LogP contribution in [0.1, 0.15) is 17.2 Å². The first kappa shape index (κ1) is 16.9. The molecule has 0 radical (unpaired) electrons. The first-order valence-electron chi connectivity index (χ1n) is 8.88. The normalized spacial score (nSPS) is 17.5. The van der Waals surface area contributed by atoms with Crippen LogP contribution >= 0.6 is 0 Å². The minimum Gasteiger partial charge on any atom is -0.376 e. The van der Waals surface area contributed by atoms with Crippen LogP contribution in [0, 0.1) is 13.8 Å².